The van der Waals surface area contributed by atoms with E-state index >= 15 is 0 Å². The standard InChI is InChI=1S/C12H14Cl2N2O/c1-8-7-16(8)5-4-12(17)15-9-2-3-10(13)11(14)6-9/h2-3,6,8H,4-5,7H2,1H3,(H,15,17). The van der Waals surface area contributed by atoms with E-state index in [2.05, 4.69) is 17.1 Å². The molecule has 0 radical (unpaired) electrons. The van der Waals surface area contributed by atoms with Crippen molar-refractivity contribution in [3.63, 3.8) is 0 Å². The molecule has 1 saturated heterocycles. The molecule has 1 aliphatic rings. The molecule has 2 unspecified atom stereocenters. The van der Waals surface area contributed by atoms with Crippen molar-refractivity contribution >= 4 is 34.8 Å². The number of amides is 1. The number of anilines is 1. The van der Waals surface area contributed by atoms with Gasteiger partial charge in [0.25, 0.3) is 0 Å². The number of nitrogens with zero attached hydrogens (tertiary/aromatic N) is 1. The van der Waals surface area contributed by atoms with Crippen LogP contribution in [0.3, 0.4) is 0 Å². The van der Waals surface area contributed by atoms with E-state index in [1.165, 1.54) is 0 Å². The second-order valence-corrected chi connectivity index (χ2v) is 5.09. The Kier molecular flexibility index (Phi) is 3.92. The van der Waals surface area contributed by atoms with Crippen LogP contribution in [0.4, 0.5) is 5.69 Å². The van der Waals surface area contributed by atoms with Crippen LogP contribution < -0.4 is 5.32 Å². The Balaban J connectivity index is 1.82. The molecule has 17 heavy (non-hydrogen) atoms. The van der Waals surface area contributed by atoms with Crippen molar-refractivity contribution in [1.29, 1.82) is 0 Å². The highest BCUT2D eigenvalue weighted by Gasteiger charge is 2.28. The molecule has 92 valence electrons. The van der Waals surface area contributed by atoms with Crippen molar-refractivity contribution in [2.75, 3.05) is 18.4 Å². The van der Waals surface area contributed by atoms with Crippen molar-refractivity contribution in [2.24, 2.45) is 0 Å². The molecule has 5 heteroatoms. The Hall–Kier alpha value is -0.770. The van der Waals surface area contributed by atoms with E-state index in [9.17, 15) is 4.79 Å². The summed E-state index contributed by atoms with van der Waals surface area (Å²) in [5.41, 5.74) is 0.684. The lowest BCUT2D eigenvalue weighted by Gasteiger charge is -2.06. The predicted molar refractivity (Wildman–Crippen MR) is 70.7 cm³/mol. The summed E-state index contributed by atoms with van der Waals surface area (Å²) in [6, 6.07) is 5.70. The maximum absolute atomic E-state index is 11.6. The van der Waals surface area contributed by atoms with Gasteiger partial charge in [-0.15, -0.1) is 0 Å². The second kappa shape index (κ2) is 5.25. The zero-order valence-corrected chi connectivity index (χ0v) is 11.1. The Labute approximate surface area is 111 Å². The third-order valence-corrected chi connectivity index (χ3v) is 3.56. The molecule has 0 aromatic heterocycles. The van der Waals surface area contributed by atoms with E-state index in [-0.39, 0.29) is 5.91 Å². The number of benzene rings is 1. The van der Waals surface area contributed by atoms with Gasteiger partial charge in [0.15, 0.2) is 0 Å². The molecule has 2 atom stereocenters. The van der Waals surface area contributed by atoms with Crippen LogP contribution in [0.15, 0.2) is 18.2 Å². The lowest BCUT2D eigenvalue weighted by molar-refractivity contribution is -0.116. The molecule has 1 aromatic rings. The third-order valence-electron chi connectivity index (χ3n) is 2.82. The molecule has 1 heterocycles. The highest BCUT2D eigenvalue weighted by atomic mass is 35.5. The van der Waals surface area contributed by atoms with E-state index in [0.717, 1.165) is 13.1 Å². The summed E-state index contributed by atoms with van der Waals surface area (Å²) in [5.74, 6) is 0.00230. The zero-order valence-electron chi connectivity index (χ0n) is 9.54. The van der Waals surface area contributed by atoms with E-state index < -0.39 is 0 Å². The molecule has 0 saturated carbocycles. The number of nitrogens with one attached hydrogen (secondary N) is 1. The molecule has 0 bridgehead atoms. The molecular formula is C12H14Cl2N2O. The first-order chi connectivity index (χ1) is 8.06. The average molecular weight is 273 g/mol. The Morgan fingerprint density at radius 2 is 2.18 bits per heavy atom. The Bertz CT molecular complexity index is 437. The Morgan fingerprint density at radius 3 is 2.76 bits per heavy atom. The molecule has 2 rings (SSSR count). The summed E-state index contributed by atoms with van der Waals surface area (Å²) >= 11 is 11.7. The van der Waals surface area contributed by atoms with E-state index in [4.69, 9.17) is 23.2 Å². The van der Waals surface area contributed by atoms with Crippen molar-refractivity contribution < 1.29 is 4.79 Å². The largest absolute Gasteiger partial charge is 0.326 e. The normalized spacial score (nSPS) is 22.3. The van der Waals surface area contributed by atoms with Crippen LogP contribution in [-0.4, -0.2) is 29.9 Å². The molecule has 1 aliphatic heterocycles. The molecule has 1 fully saturated rings. The van der Waals surface area contributed by atoms with Crippen LogP contribution in [0.2, 0.25) is 10.0 Å². The minimum Gasteiger partial charge on any atom is -0.326 e. The summed E-state index contributed by atoms with van der Waals surface area (Å²) in [4.78, 5) is 13.9. The molecule has 1 amide bonds. The Morgan fingerprint density at radius 1 is 1.47 bits per heavy atom. The van der Waals surface area contributed by atoms with Gasteiger partial charge in [-0.25, -0.2) is 0 Å². The second-order valence-electron chi connectivity index (χ2n) is 4.27. The minimum atomic E-state index is 0.00230. The number of carbonyl (C=O) groups is 1. The highest BCUT2D eigenvalue weighted by molar-refractivity contribution is 6.42. The van der Waals surface area contributed by atoms with Gasteiger partial charge in [-0.2, -0.15) is 0 Å². The average Bonchev–Trinajstić information content (AvgIpc) is 2.97. The van der Waals surface area contributed by atoms with Crippen LogP contribution in [0.1, 0.15) is 13.3 Å². The summed E-state index contributed by atoms with van der Waals surface area (Å²) in [5, 5.41) is 3.74. The summed E-state index contributed by atoms with van der Waals surface area (Å²) in [7, 11) is 0. The lowest BCUT2D eigenvalue weighted by atomic mass is 10.3. The molecule has 0 aliphatic carbocycles. The van der Waals surface area contributed by atoms with Gasteiger partial charge in [0.1, 0.15) is 0 Å². The number of rotatable bonds is 4. The molecule has 0 spiro atoms. The summed E-state index contributed by atoms with van der Waals surface area (Å²) in [6.07, 6.45) is 0.505. The topological polar surface area (TPSA) is 32.1 Å². The predicted octanol–water partition coefficient (Wildman–Crippen LogP) is 3.03. The summed E-state index contributed by atoms with van der Waals surface area (Å²) in [6.45, 7) is 4.06. The maximum Gasteiger partial charge on any atom is 0.225 e. The number of hydrogen-bond acceptors (Lipinski definition) is 2. The smallest absolute Gasteiger partial charge is 0.225 e. The minimum absolute atomic E-state index is 0.00230. The number of halogens is 2. The van der Waals surface area contributed by atoms with Crippen molar-refractivity contribution in [3.8, 4) is 0 Å². The molecule has 1 aromatic carbocycles. The fourth-order valence-corrected chi connectivity index (χ4v) is 1.94. The fourth-order valence-electron chi connectivity index (χ4n) is 1.65. The van der Waals surface area contributed by atoms with Crippen LogP contribution in [0.25, 0.3) is 0 Å². The molecular weight excluding hydrogens is 259 g/mol. The third kappa shape index (κ3) is 3.60. The van der Waals surface area contributed by atoms with Crippen molar-refractivity contribution in [3.05, 3.63) is 28.2 Å². The van der Waals surface area contributed by atoms with E-state index in [0.29, 0.717) is 28.2 Å². The SMILES string of the molecule is CC1CN1CCC(=O)Nc1ccc(Cl)c(Cl)c1. The first-order valence-corrected chi connectivity index (χ1v) is 6.31. The van der Waals surface area contributed by atoms with Crippen LogP contribution in [0, 0.1) is 0 Å². The monoisotopic (exact) mass is 272 g/mol. The summed E-state index contributed by atoms with van der Waals surface area (Å²) < 4.78 is 0. The van der Waals surface area contributed by atoms with Crippen LogP contribution in [0.5, 0.6) is 0 Å². The van der Waals surface area contributed by atoms with Gasteiger partial charge >= 0.3 is 0 Å². The fraction of sp³-hybridized carbons (Fsp3) is 0.417. The van der Waals surface area contributed by atoms with Crippen molar-refractivity contribution in [1.82, 2.24) is 4.90 Å². The maximum atomic E-state index is 11.6. The van der Waals surface area contributed by atoms with Crippen LogP contribution in [-0.2, 0) is 4.79 Å². The van der Waals surface area contributed by atoms with Gasteiger partial charge in [-0.1, -0.05) is 23.2 Å². The lowest BCUT2D eigenvalue weighted by Crippen LogP contribution is -2.16. The zero-order chi connectivity index (χ0) is 12.4. The van der Waals surface area contributed by atoms with E-state index in [1.807, 2.05) is 0 Å². The molecule has 1 N–H and O–H groups in total. The van der Waals surface area contributed by atoms with Gasteiger partial charge < -0.3 is 5.32 Å². The first-order valence-electron chi connectivity index (χ1n) is 5.55. The van der Waals surface area contributed by atoms with Crippen molar-refractivity contribution in [2.45, 2.75) is 19.4 Å². The van der Waals surface area contributed by atoms with Gasteiger partial charge in [0, 0.05) is 31.2 Å². The highest BCUT2D eigenvalue weighted by Crippen LogP contribution is 2.25. The molecule has 3 nitrogen and oxygen atoms in total. The van der Waals surface area contributed by atoms with Gasteiger partial charge in [-0.3, -0.25) is 9.69 Å². The van der Waals surface area contributed by atoms with E-state index in [1.54, 1.807) is 18.2 Å². The van der Waals surface area contributed by atoms with Gasteiger partial charge in [-0.05, 0) is 25.1 Å². The van der Waals surface area contributed by atoms with Crippen LogP contribution >= 0.6 is 23.2 Å². The van der Waals surface area contributed by atoms with Gasteiger partial charge in [0.05, 0.1) is 10.0 Å². The number of hydrogen-bond donors (Lipinski definition) is 1. The quantitative estimate of drug-likeness (QED) is 0.855. The van der Waals surface area contributed by atoms with Gasteiger partial charge in [0.2, 0.25) is 5.91 Å². The first kappa shape index (κ1) is 12.7. The number of carbonyl (C=O) groups excluding carboxylic acids is 1.